The van der Waals surface area contributed by atoms with Crippen LogP contribution in [0.15, 0.2) is 23.1 Å². The second kappa shape index (κ2) is 5.08. The van der Waals surface area contributed by atoms with E-state index in [0.29, 0.717) is 4.90 Å². The molecule has 4 heteroatoms. The van der Waals surface area contributed by atoms with Gasteiger partial charge in [-0.3, -0.25) is 4.79 Å². The van der Waals surface area contributed by atoms with Gasteiger partial charge < -0.3 is 4.90 Å². The molecule has 0 aliphatic carbocycles. The summed E-state index contributed by atoms with van der Waals surface area (Å²) in [5, 5.41) is 0. The van der Waals surface area contributed by atoms with Gasteiger partial charge in [0.05, 0.1) is 5.56 Å². The normalized spacial score (nSPS) is 11.4. The highest BCUT2D eigenvalue weighted by Gasteiger charge is 2.27. The zero-order valence-corrected chi connectivity index (χ0v) is 11.5. The molecule has 0 saturated heterocycles. The number of nitrogens with zero attached hydrogens (tertiary/aromatic N) is 1. The van der Waals surface area contributed by atoms with Gasteiger partial charge in [-0.15, -0.1) is 12.6 Å². The maximum absolute atomic E-state index is 13.6. The SMILES string of the molecule is CCC(C)(C)N(C)C(=O)c1cc(S)ccc1F. The first-order valence-corrected chi connectivity index (χ1v) is 6.01. The topological polar surface area (TPSA) is 20.3 Å². The minimum absolute atomic E-state index is 0.0709. The summed E-state index contributed by atoms with van der Waals surface area (Å²) in [4.78, 5) is 14.3. The highest BCUT2D eigenvalue weighted by Crippen LogP contribution is 2.21. The summed E-state index contributed by atoms with van der Waals surface area (Å²) in [5.74, 6) is -0.822. The molecule has 0 radical (unpaired) electrons. The van der Waals surface area contributed by atoms with Crippen LogP contribution in [0, 0.1) is 5.82 Å². The summed E-state index contributed by atoms with van der Waals surface area (Å²) in [5.41, 5.74) is -0.225. The van der Waals surface area contributed by atoms with Gasteiger partial charge in [0.15, 0.2) is 0 Å². The summed E-state index contributed by atoms with van der Waals surface area (Å²) in [6.45, 7) is 5.90. The average Bonchev–Trinajstić information content (AvgIpc) is 2.30. The molecule has 0 saturated carbocycles. The second-order valence-electron chi connectivity index (χ2n) is 4.69. The van der Waals surface area contributed by atoms with Crippen molar-refractivity contribution in [3.8, 4) is 0 Å². The molecule has 0 aromatic heterocycles. The number of benzene rings is 1. The van der Waals surface area contributed by atoms with E-state index >= 15 is 0 Å². The lowest BCUT2D eigenvalue weighted by molar-refractivity contribution is 0.0615. The smallest absolute Gasteiger partial charge is 0.257 e. The molecule has 1 aromatic rings. The number of hydrogen-bond acceptors (Lipinski definition) is 2. The summed E-state index contributed by atoms with van der Waals surface area (Å²) >= 11 is 4.12. The number of rotatable bonds is 3. The first-order chi connectivity index (χ1) is 7.79. The third kappa shape index (κ3) is 3.00. The van der Waals surface area contributed by atoms with E-state index in [1.807, 2.05) is 20.8 Å². The van der Waals surface area contributed by atoms with Crippen molar-refractivity contribution in [2.24, 2.45) is 0 Å². The van der Waals surface area contributed by atoms with Gasteiger partial charge in [0.25, 0.3) is 5.91 Å². The van der Waals surface area contributed by atoms with E-state index in [-0.39, 0.29) is 17.0 Å². The molecule has 0 bridgehead atoms. The molecule has 0 heterocycles. The Labute approximate surface area is 107 Å². The van der Waals surface area contributed by atoms with Crippen LogP contribution in [0.1, 0.15) is 37.6 Å². The van der Waals surface area contributed by atoms with E-state index in [1.165, 1.54) is 18.2 Å². The standard InChI is InChI=1S/C13H18FNOS/c1-5-13(2,3)15(4)12(16)10-8-9(17)6-7-11(10)14/h6-8,17H,5H2,1-4H3. The summed E-state index contributed by atoms with van der Waals surface area (Å²) < 4.78 is 13.6. The quantitative estimate of drug-likeness (QED) is 0.821. The van der Waals surface area contributed by atoms with Crippen molar-refractivity contribution in [1.29, 1.82) is 0 Å². The molecule has 0 aliphatic heterocycles. The number of carbonyl (C=O) groups is 1. The number of hydrogen-bond donors (Lipinski definition) is 1. The fraction of sp³-hybridized carbons (Fsp3) is 0.462. The minimum atomic E-state index is -0.508. The summed E-state index contributed by atoms with van der Waals surface area (Å²) in [7, 11) is 1.69. The Balaban J connectivity index is 3.08. The Morgan fingerprint density at radius 1 is 1.47 bits per heavy atom. The minimum Gasteiger partial charge on any atom is -0.337 e. The van der Waals surface area contributed by atoms with E-state index in [2.05, 4.69) is 12.6 Å². The van der Waals surface area contributed by atoms with Gasteiger partial charge in [-0.1, -0.05) is 6.92 Å². The van der Waals surface area contributed by atoms with Crippen LogP contribution in [-0.4, -0.2) is 23.4 Å². The zero-order chi connectivity index (χ0) is 13.2. The van der Waals surface area contributed by atoms with Crippen molar-refractivity contribution in [2.75, 3.05) is 7.05 Å². The largest absolute Gasteiger partial charge is 0.337 e. The predicted molar refractivity (Wildman–Crippen MR) is 70.1 cm³/mol. The highest BCUT2D eigenvalue weighted by atomic mass is 32.1. The lowest BCUT2D eigenvalue weighted by Gasteiger charge is -2.35. The Bertz CT molecular complexity index is 431. The molecule has 17 heavy (non-hydrogen) atoms. The van der Waals surface area contributed by atoms with Gasteiger partial charge in [-0.2, -0.15) is 0 Å². The number of amides is 1. The van der Waals surface area contributed by atoms with Crippen molar-refractivity contribution in [2.45, 2.75) is 37.6 Å². The Morgan fingerprint density at radius 3 is 2.59 bits per heavy atom. The first-order valence-electron chi connectivity index (χ1n) is 5.56. The van der Waals surface area contributed by atoms with Crippen LogP contribution < -0.4 is 0 Å². The average molecular weight is 255 g/mol. The fourth-order valence-corrected chi connectivity index (χ4v) is 1.57. The molecule has 0 aliphatic rings. The Morgan fingerprint density at radius 2 is 2.06 bits per heavy atom. The number of carbonyl (C=O) groups excluding carboxylic acids is 1. The van der Waals surface area contributed by atoms with Crippen molar-refractivity contribution in [3.63, 3.8) is 0 Å². The monoisotopic (exact) mass is 255 g/mol. The first kappa shape index (κ1) is 14.0. The highest BCUT2D eigenvalue weighted by molar-refractivity contribution is 7.80. The molecule has 0 N–H and O–H groups in total. The van der Waals surface area contributed by atoms with Gasteiger partial charge >= 0.3 is 0 Å². The summed E-state index contributed by atoms with van der Waals surface area (Å²) in [6, 6.07) is 4.26. The molecule has 1 amide bonds. The molecule has 0 unspecified atom stereocenters. The fourth-order valence-electron chi connectivity index (χ4n) is 1.37. The zero-order valence-electron chi connectivity index (χ0n) is 10.6. The van der Waals surface area contributed by atoms with Crippen molar-refractivity contribution in [1.82, 2.24) is 4.90 Å². The van der Waals surface area contributed by atoms with E-state index in [1.54, 1.807) is 11.9 Å². The van der Waals surface area contributed by atoms with Crippen LogP contribution in [0.25, 0.3) is 0 Å². The third-order valence-electron chi connectivity index (χ3n) is 3.26. The second-order valence-corrected chi connectivity index (χ2v) is 5.21. The third-order valence-corrected chi connectivity index (χ3v) is 3.54. The molecule has 0 spiro atoms. The van der Waals surface area contributed by atoms with Crippen molar-refractivity contribution < 1.29 is 9.18 Å². The lowest BCUT2D eigenvalue weighted by atomic mass is 9.99. The van der Waals surface area contributed by atoms with Gasteiger partial charge in [0, 0.05) is 17.5 Å². The molecule has 1 rings (SSSR count). The lowest BCUT2D eigenvalue weighted by Crippen LogP contribution is -2.44. The molecule has 0 atom stereocenters. The van der Waals surface area contributed by atoms with Crippen LogP contribution in [0.4, 0.5) is 4.39 Å². The maximum atomic E-state index is 13.6. The number of thiol groups is 1. The van der Waals surface area contributed by atoms with Gasteiger partial charge in [-0.25, -0.2) is 4.39 Å². The van der Waals surface area contributed by atoms with E-state index in [4.69, 9.17) is 0 Å². The van der Waals surface area contributed by atoms with Crippen LogP contribution in [0.3, 0.4) is 0 Å². The van der Waals surface area contributed by atoms with Gasteiger partial charge in [-0.05, 0) is 38.5 Å². The summed E-state index contributed by atoms with van der Waals surface area (Å²) in [6.07, 6.45) is 0.803. The van der Waals surface area contributed by atoms with Crippen molar-refractivity contribution in [3.05, 3.63) is 29.6 Å². The molecular weight excluding hydrogens is 237 g/mol. The molecule has 0 fully saturated rings. The molecule has 94 valence electrons. The van der Waals surface area contributed by atoms with Crippen LogP contribution in [0.2, 0.25) is 0 Å². The molecule has 2 nitrogen and oxygen atoms in total. The van der Waals surface area contributed by atoms with Gasteiger partial charge in [0.2, 0.25) is 0 Å². The van der Waals surface area contributed by atoms with E-state index in [9.17, 15) is 9.18 Å². The Hall–Kier alpha value is -1.03. The number of halogens is 1. The van der Waals surface area contributed by atoms with Crippen LogP contribution >= 0.6 is 12.6 Å². The molecular formula is C13H18FNOS. The molecule has 1 aromatic carbocycles. The van der Waals surface area contributed by atoms with E-state index < -0.39 is 5.82 Å². The van der Waals surface area contributed by atoms with Crippen molar-refractivity contribution >= 4 is 18.5 Å². The van der Waals surface area contributed by atoms with Crippen LogP contribution in [-0.2, 0) is 0 Å². The van der Waals surface area contributed by atoms with Crippen LogP contribution in [0.5, 0.6) is 0 Å². The van der Waals surface area contributed by atoms with Gasteiger partial charge in [0.1, 0.15) is 5.82 Å². The Kier molecular flexibility index (Phi) is 4.20. The maximum Gasteiger partial charge on any atom is 0.257 e. The van der Waals surface area contributed by atoms with E-state index in [0.717, 1.165) is 6.42 Å². The predicted octanol–water partition coefficient (Wildman–Crippen LogP) is 3.38.